The summed E-state index contributed by atoms with van der Waals surface area (Å²) in [5.41, 5.74) is 0.842. The van der Waals surface area contributed by atoms with Crippen LogP contribution in [0.3, 0.4) is 0 Å². The van der Waals surface area contributed by atoms with Crippen LogP contribution in [0.4, 0.5) is 5.95 Å². The molecule has 25 heavy (non-hydrogen) atoms. The van der Waals surface area contributed by atoms with E-state index in [1.807, 2.05) is 19.0 Å². The molecule has 2 rings (SSSR count). The molecule has 0 spiro atoms. The predicted molar refractivity (Wildman–Crippen MR) is 102 cm³/mol. The molecule has 1 aromatic rings. The van der Waals surface area contributed by atoms with Crippen LogP contribution in [0, 0.1) is 0 Å². The maximum atomic E-state index is 12.2. The second kappa shape index (κ2) is 8.40. The van der Waals surface area contributed by atoms with E-state index in [1.165, 1.54) is 0 Å². The van der Waals surface area contributed by atoms with Crippen molar-refractivity contribution >= 4 is 17.9 Å². The number of nitrogens with one attached hydrogen (secondary N) is 1. The summed E-state index contributed by atoms with van der Waals surface area (Å²) in [4.78, 5) is 27.1. The Bertz CT molecular complexity index is 588. The molecule has 0 bridgehead atoms. The summed E-state index contributed by atoms with van der Waals surface area (Å²) in [5, 5.41) is 3.05. The first-order valence-electron chi connectivity index (χ1n) is 8.64. The van der Waals surface area contributed by atoms with Crippen molar-refractivity contribution in [3.63, 3.8) is 0 Å². The van der Waals surface area contributed by atoms with Gasteiger partial charge in [0, 0.05) is 50.2 Å². The minimum Gasteiger partial charge on any atom is -0.351 e. The number of hydrogen-bond acceptors (Lipinski definition) is 6. The number of carbonyl (C=O) groups is 1. The van der Waals surface area contributed by atoms with Gasteiger partial charge in [-0.15, -0.1) is 0 Å². The van der Waals surface area contributed by atoms with Gasteiger partial charge in [0.05, 0.1) is 0 Å². The van der Waals surface area contributed by atoms with Crippen LogP contribution in [0.15, 0.2) is 18.5 Å². The molecule has 0 radical (unpaired) electrons. The minimum atomic E-state index is -0.0863. The summed E-state index contributed by atoms with van der Waals surface area (Å²) < 4.78 is 0. The molecule has 0 aliphatic carbocycles. The molecule has 1 aromatic heterocycles. The third-order valence-corrected chi connectivity index (χ3v) is 4.94. The van der Waals surface area contributed by atoms with Crippen molar-refractivity contribution in [3.8, 4) is 0 Å². The van der Waals surface area contributed by atoms with Crippen molar-refractivity contribution in [2.24, 2.45) is 0 Å². The van der Waals surface area contributed by atoms with Crippen LogP contribution in [0.1, 0.15) is 18.4 Å². The lowest BCUT2D eigenvalue weighted by Crippen LogP contribution is -2.57. The van der Waals surface area contributed by atoms with Gasteiger partial charge in [-0.2, -0.15) is 0 Å². The van der Waals surface area contributed by atoms with E-state index in [9.17, 15) is 4.79 Å². The van der Waals surface area contributed by atoms with E-state index in [0.717, 1.165) is 31.5 Å². The van der Waals surface area contributed by atoms with Crippen LogP contribution in [0.2, 0.25) is 0 Å². The molecule has 7 nitrogen and oxygen atoms in total. The van der Waals surface area contributed by atoms with Gasteiger partial charge < -0.3 is 20.0 Å². The van der Waals surface area contributed by atoms with Gasteiger partial charge >= 0.3 is 0 Å². The average Bonchev–Trinajstić information content (AvgIpc) is 2.60. The molecule has 1 aliphatic rings. The van der Waals surface area contributed by atoms with Crippen LogP contribution >= 0.6 is 0 Å². The van der Waals surface area contributed by atoms with Gasteiger partial charge in [-0.1, -0.05) is 0 Å². The van der Waals surface area contributed by atoms with Crippen LogP contribution < -0.4 is 10.2 Å². The molecular formula is C18H30N6O. The van der Waals surface area contributed by atoms with Crippen LogP contribution in [-0.2, 0) is 4.79 Å². The lowest BCUT2D eigenvalue weighted by molar-refractivity contribution is -0.117. The first-order valence-corrected chi connectivity index (χ1v) is 8.64. The van der Waals surface area contributed by atoms with E-state index in [4.69, 9.17) is 0 Å². The van der Waals surface area contributed by atoms with Gasteiger partial charge in [0.15, 0.2) is 0 Å². The fraction of sp³-hybridized carbons (Fsp3) is 0.611. The first kappa shape index (κ1) is 19.3. The van der Waals surface area contributed by atoms with Crippen molar-refractivity contribution in [1.29, 1.82) is 0 Å². The Morgan fingerprint density at radius 2 is 1.84 bits per heavy atom. The summed E-state index contributed by atoms with van der Waals surface area (Å²) >= 11 is 0. The fourth-order valence-electron chi connectivity index (χ4n) is 2.95. The lowest BCUT2D eigenvalue weighted by atomic mass is 9.86. The van der Waals surface area contributed by atoms with Gasteiger partial charge in [0.25, 0.3) is 0 Å². The topological polar surface area (TPSA) is 64.6 Å². The zero-order valence-corrected chi connectivity index (χ0v) is 16.0. The zero-order chi connectivity index (χ0) is 18.4. The molecule has 1 aliphatic heterocycles. The Kier molecular flexibility index (Phi) is 6.50. The van der Waals surface area contributed by atoms with Crippen molar-refractivity contribution in [3.05, 3.63) is 24.0 Å². The number of amides is 1. The smallest absolute Gasteiger partial charge is 0.244 e. The standard InChI is InChI=1S/C18H30N6O/c1-22(2)17-19-12-15(13-20-17)6-7-16(25)21-14-18(23(3)4)8-10-24(5)11-9-18/h6-7,12-13H,8-11,14H2,1-5H3,(H,21,25). The minimum absolute atomic E-state index is 0.0342. The molecule has 138 valence electrons. The molecule has 1 amide bonds. The van der Waals surface area contributed by atoms with E-state index >= 15 is 0 Å². The average molecular weight is 346 g/mol. The molecule has 7 heteroatoms. The van der Waals surface area contributed by atoms with Gasteiger partial charge in [-0.3, -0.25) is 4.79 Å². The van der Waals surface area contributed by atoms with Crippen molar-refractivity contribution in [2.45, 2.75) is 18.4 Å². The number of anilines is 1. The summed E-state index contributed by atoms with van der Waals surface area (Å²) in [6.45, 7) is 2.77. The number of hydrogen-bond donors (Lipinski definition) is 1. The number of likely N-dealkylation sites (N-methyl/N-ethyl adjacent to an activating group) is 1. The van der Waals surface area contributed by atoms with Gasteiger partial charge in [0.1, 0.15) is 0 Å². The van der Waals surface area contributed by atoms with Crippen LogP contribution in [-0.4, -0.2) is 86.1 Å². The monoisotopic (exact) mass is 346 g/mol. The molecule has 1 fully saturated rings. The molecule has 0 saturated carbocycles. The van der Waals surface area contributed by atoms with Gasteiger partial charge in [-0.25, -0.2) is 9.97 Å². The molecule has 0 unspecified atom stereocenters. The normalized spacial score (nSPS) is 17.8. The van der Waals surface area contributed by atoms with Crippen molar-refractivity contribution in [1.82, 2.24) is 25.1 Å². The molecule has 0 aromatic carbocycles. The van der Waals surface area contributed by atoms with E-state index in [0.29, 0.717) is 12.5 Å². The van der Waals surface area contributed by atoms with E-state index < -0.39 is 0 Å². The summed E-state index contributed by atoms with van der Waals surface area (Å²) in [6, 6.07) is 0. The number of likely N-dealkylation sites (tertiary alicyclic amines) is 1. The third kappa shape index (κ3) is 5.24. The lowest BCUT2D eigenvalue weighted by Gasteiger charge is -2.45. The summed E-state index contributed by atoms with van der Waals surface area (Å²) in [6.07, 6.45) is 8.83. The molecule has 0 atom stereocenters. The first-order chi connectivity index (χ1) is 11.8. The fourth-order valence-corrected chi connectivity index (χ4v) is 2.95. The predicted octanol–water partition coefficient (Wildman–Crippen LogP) is 0.698. The second-order valence-electron chi connectivity index (χ2n) is 7.18. The van der Waals surface area contributed by atoms with Crippen molar-refractivity contribution in [2.75, 3.05) is 59.8 Å². The molecule has 1 saturated heterocycles. The number of piperidine rings is 1. The van der Waals surface area contributed by atoms with E-state index in [-0.39, 0.29) is 11.4 Å². The SMILES string of the molecule is CN1CCC(CNC(=O)C=Cc2cnc(N(C)C)nc2)(N(C)C)CC1. The summed E-state index contributed by atoms with van der Waals surface area (Å²) in [5.74, 6) is 0.564. The highest BCUT2D eigenvalue weighted by atomic mass is 16.1. The Balaban J connectivity index is 1.90. The molecule has 2 heterocycles. The molecule has 1 N–H and O–H groups in total. The molecular weight excluding hydrogens is 316 g/mol. The maximum Gasteiger partial charge on any atom is 0.244 e. The van der Waals surface area contributed by atoms with Crippen LogP contribution in [0.25, 0.3) is 6.08 Å². The third-order valence-electron chi connectivity index (χ3n) is 4.94. The van der Waals surface area contributed by atoms with Gasteiger partial charge in [0.2, 0.25) is 11.9 Å². The number of carbonyl (C=O) groups excluding carboxylic acids is 1. The Morgan fingerprint density at radius 1 is 1.24 bits per heavy atom. The largest absolute Gasteiger partial charge is 0.351 e. The van der Waals surface area contributed by atoms with E-state index in [1.54, 1.807) is 24.5 Å². The van der Waals surface area contributed by atoms with Gasteiger partial charge in [-0.05, 0) is 53.2 Å². The quantitative estimate of drug-likeness (QED) is 0.765. The zero-order valence-electron chi connectivity index (χ0n) is 16.0. The van der Waals surface area contributed by atoms with Crippen molar-refractivity contribution < 1.29 is 4.79 Å². The number of rotatable bonds is 6. The Morgan fingerprint density at radius 3 is 2.36 bits per heavy atom. The highest BCUT2D eigenvalue weighted by Crippen LogP contribution is 2.25. The highest BCUT2D eigenvalue weighted by molar-refractivity contribution is 5.91. The summed E-state index contributed by atoms with van der Waals surface area (Å²) in [7, 11) is 10.1. The number of nitrogens with zero attached hydrogens (tertiary/aromatic N) is 5. The van der Waals surface area contributed by atoms with E-state index in [2.05, 4.69) is 46.2 Å². The maximum absolute atomic E-state index is 12.2. The Hall–Kier alpha value is -1.99. The number of aromatic nitrogens is 2. The Labute approximate surface area is 150 Å². The van der Waals surface area contributed by atoms with Crippen LogP contribution in [0.5, 0.6) is 0 Å². The highest BCUT2D eigenvalue weighted by Gasteiger charge is 2.35. The second-order valence-corrected chi connectivity index (χ2v) is 7.18.